The molecule has 2 fully saturated rings. The summed E-state index contributed by atoms with van der Waals surface area (Å²) in [6.45, 7) is 0.398. The van der Waals surface area contributed by atoms with Crippen molar-refractivity contribution >= 4 is 11.8 Å². The van der Waals surface area contributed by atoms with Crippen LogP contribution in [0.25, 0.3) is 0 Å². The second-order valence-electron chi connectivity index (χ2n) is 7.05. The molecule has 0 radical (unpaired) electrons. The minimum absolute atomic E-state index is 0.0451. The van der Waals surface area contributed by atoms with Crippen LogP contribution < -0.4 is 16.4 Å². The van der Waals surface area contributed by atoms with Crippen LogP contribution >= 0.6 is 0 Å². The largest absolute Gasteiger partial charge is 0.353 e. The van der Waals surface area contributed by atoms with Crippen LogP contribution in [-0.2, 0) is 9.59 Å². The zero-order valence-corrected chi connectivity index (χ0v) is 13.1. The summed E-state index contributed by atoms with van der Waals surface area (Å²) >= 11 is 0. The van der Waals surface area contributed by atoms with Crippen LogP contribution in [-0.4, -0.2) is 30.4 Å². The van der Waals surface area contributed by atoms with Crippen molar-refractivity contribution in [3.63, 3.8) is 0 Å². The van der Waals surface area contributed by atoms with Gasteiger partial charge < -0.3 is 16.4 Å². The molecular weight excluding hydrogens is 278 g/mol. The van der Waals surface area contributed by atoms with Gasteiger partial charge in [0.2, 0.25) is 11.8 Å². The van der Waals surface area contributed by atoms with Gasteiger partial charge in [-0.15, -0.1) is 0 Å². The third-order valence-electron chi connectivity index (χ3n) is 5.43. The fraction of sp³-hybridized carbons (Fsp3) is 0.765. The molecule has 0 aromatic rings. The number of fused-ring (bicyclic) bond motifs is 2. The first-order valence-electron chi connectivity index (χ1n) is 8.64. The SMILES string of the molecule is NCCC(=O)N[C@H]1CC[C@H](NC(=O)C2C[C@@H]3C=C[C@H]2C3)CC1. The standard InChI is InChI=1S/C17H27N3O2/c18-8-7-16(21)19-13-3-5-14(6-4-13)20-17(22)15-10-11-1-2-12(15)9-11/h1-2,11-15H,3-10,18H2,(H,19,21)(H,20,22)/t11-,12+,13-,14-,15?/m1/s1. The van der Waals surface area contributed by atoms with E-state index in [1.807, 2.05) is 0 Å². The molecule has 22 heavy (non-hydrogen) atoms. The van der Waals surface area contributed by atoms with Crippen molar-refractivity contribution in [2.75, 3.05) is 6.54 Å². The maximum Gasteiger partial charge on any atom is 0.223 e. The summed E-state index contributed by atoms with van der Waals surface area (Å²) in [5, 5.41) is 6.27. The Hall–Kier alpha value is -1.36. The molecule has 2 bridgehead atoms. The van der Waals surface area contributed by atoms with Crippen LogP contribution in [0.5, 0.6) is 0 Å². The average Bonchev–Trinajstić information content (AvgIpc) is 3.12. The Morgan fingerprint density at radius 2 is 1.68 bits per heavy atom. The Morgan fingerprint density at radius 1 is 1.00 bits per heavy atom. The Morgan fingerprint density at radius 3 is 2.23 bits per heavy atom. The molecule has 4 N–H and O–H groups in total. The number of carbonyl (C=O) groups excluding carboxylic acids is 2. The highest BCUT2D eigenvalue weighted by Gasteiger charge is 2.40. The van der Waals surface area contributed by atoms with E-state index < -0.39 is 0 Å². The highest BCUT2D eigenvalue weighted by molar-refractivity contribution is 5.80. The van der Waals surface area contributed by atoms with Gasteiger partial charge in [-0.25, -0.2) is 0 Å². The number of rotatable bonds is 5. The summed E-state index contributed by atoms with van der Waals surface area (Å²) in [6, 6.07) is 0.524. The fourth-order valence-electron chi connectivity index (χ4n) is 4.20. The van der Waals surface area contributed by atoms with Crippen molar-refractivity contribution in [1.29, 1.82) is 0 Å². The first-order valence-corrected chi connectivity index (χ1v) is 8.64. The van der Waals surface area contributed by atoms with Gasteiger partial charge in [-0.05, 0) is 50.4 Å². The topological polar surface area (TPSA) is 84.2 Å². The van der Waals surface area contributed by atoms with Gasteiger partial charge in [-0.3, -0.25) is 9.59 Å². The molecule has 5 nitrogen and oxygen atoms in total. The van der Waals surface area contributed by atoms with Crippen molar-refractivity contribution in [2.24, 2.45) is 23.5 Å². The molecule has 2 saturated carbocycles. The number of hydrogen-bond acceptors (Lipinski definition) is 3. The zero-order chi connectivity index (χ0) is 15.5. The molecule has 1 unspecified atom stereocenters. The van der Waals surface area contributed by atoms with Crippen LogP contribution in [0, 0.1) is 17.8 Å². The summed E-state index contributed by atoms with van der Waals surface area (Å²) < 4.78 is 0. The minimum Gasteiger partial charge on any atom is -0.353 e. The predicted octanol–water partition coefficient (Wildman–Crippen LogP) is 1.09. The van der Waals surface area contributed by atoms with Crippen LogP contribution in [0.3, 0.4) is 0 Å². The van der Waals surface area contributed by atoms with Crippen molar-refractivity contribution in [3.8, 4) is 0 Å². The molecule has 0 aromatic carbocycles. The molecule has 3 aliphatic rings. The van der Waals surface area contributed by atoms with Gasteiger partial charge in [-0.1, -0.05) is 12.2 Å². The Kier molecular flexibility index (Phi) is 4.81. The second-order valence-corrected chi connectivity index (χ2v) is 7.05. The lowest BCUT2D eigenvalue weighted by molar-refractivity contribution is -0.127. The van der Waals surface area contributed by atoms with Gasteiger partial charge in [0.05, 0.1) is 0 Å². The van der Waals surface area contributed by atoms with Crippen molar-refractivity contribution in [2.45, 2.75) is 57.0 Å². The number of amides is 2. The van der Waals surface area contributed by atoms with E-state index in [1.54, 1.807) is 0 Å². The fourth-order valence-corrected chi connectivity index (χ4v) is 4.20. The van der Waals surface area contributed by atoms with Gasteiger partial charge in [0.15, 0.2) is 0 Å². The summed E-state index contributed by atoms with van der Waals surface area (Å²) in [7, 11) is 0. The lowest BCUT2D eigenvalue weighted by atomic mass is 9.89. The molecule has 122 valence electrons. The average molecular weight is 305 g/mol. The molecule has 0 heterocycles. The molecular formula is C17H27N3O2. The number of nitrogens with two attached hydrogens (primary N) is 1. The number of carbonyl (C=O) groups is 2. The number of allylic oxidation sites excluding steroid dienone is 2. The first kappa shape index (κ1) is 15.5. The van der Waals surface area contributed by atoms with Crippen LogP contribution in [0.4, 0.5) is 0 Å². The molecule has 3 atom stereocenters. The van der Waals surface area contributed by atoms with E-state index in [4.69, 9.17) is 5.73 Å². The van der Waals surface area contributed by atoms with Gasteiger partial charge in [0.25, 0.3) is 0 Å². The smallest absolute Gasteiger partial charge is 0.223 e. The first-order chi connectivity index (χ1) is 10.7. The number of nitrogens with one attached hydrogen (secondary N) is 2. The summed E-state index contributed by atoms with van der Waals surface area (Å²) in [5.41, 5.74) is 5.38. The molecule has 0 saturated heterocycles. The monoisotopic (exact) mass is 305 g/mol. The van der Waals surface area contributed by atoms with E-state index in [0.717, 1.165) is 38.5 Å². The summed E-state index contributed by atoms with van der Waals surface area (Å²) in [5.74, 6) is 1.58. The molecule has 5 heteroatoms. The Labute approximate surface area is 132 Å². The molecule has 3 rings (SSSR count). The third-order valence-corrected chi connectivity index (χ3v) is 5.43. The van der Waals surface area contributed by atoms with E-state index in [9.17, 15) is 9.59 Å². The van der Waals surface area contributed by atoms with E-state index in [1.165, 1.54) is 0 Å². The van der Waals surface area contributed by atoms with Gasteiger partial charge in [0.1, 0.15) is 0 Å². The third kappa shape index (κ3) is 3.51. The van der Waals surface area contributed by atoms with E-state index in [0.29, 0.717) is 24.8 Å². The minimum atomic E-state index is 0.0451. The van der Waals surface area contributed by atoms with Crippen LogP contribution in [0.1, 0.15) is 44.9 Å². The number of hydrogen-bond donors (Lipinski definition) is 3. The second kappa shape index (κ2) is 6.82. The van der Waals surface area contributed by atoms with Crippen LogP contribution in [0.15, 0.2) is 12.2 Å². The summed E-state index contributed by atoms with van der Waals surface area (Å²) in [4.78, 5) is 24.0. The molecule has 0 aromatic heterocycles. The van der Waals surface area contributed by atoms with Crippen molar-refractivity contribution in [1.82, 2.24) is 10.6 Å². The molecule has 3 aliphatic carbocycles. The Bertz CT molecular complexity index is 455. The predicted molar refractivity (Wildman–Crippen MR) is 84.8 cm³/mol. The van der Waals surface area contributed by atoms with E-state index in [2.05, 4.69) is 22.8 Å². The quantitative estimate of drug-likeness (QED) is 0.665. The lowest BCUT2D eigenvalue weighted by Gasteiger charge is -2.31. The van der Waals surface area contributed by atoms with Crippen molar-refractivity contribution in [3.05, 3.63) is 12.2 Å². The van der Waals surface area contributed by atoms with Crippen molar-refractivity contribution < 1.29 is 9.59 Å². The zero-order valence-electron chi connectivity index (χ0n) is 13.1. The molecule has 2 amide bonds. The van der Waals surface area contributed by atoms with Crippen LogP contribution in [0.2, 0.25) is 0 Å². The normalized spacial score (nSPS) is 36.3. The maximum absolute atomic E-state index is 12.4. The lowest BCUT2D eigenvalue weighted by Crippen LogP contribution is -2.45. The van der Waals surface area contributed by atoms with E-state index >= 15 is 0 Å². The summed E-state index contributed by atoms with van der Waals surface area (Å²) in [6.07, 6.45) is 10.9. The van der Waals surface area contributed by atoms with E-state index in [-0.39, 0.29) is 29.8 Å². The molecule has 0 spiro atoms. The highest BCUT2D eigenvalue weighted by Crippen LogP contribution is 2.43. The van der Waals surface area contributed by atoms with Gasteiger partial charge >= 0.3 is 0 Å². The maximum atomic E-state index is 12.4. The van der Waals surface area contributed by atoms with Gasteiger partial charge in [-0.2, -0.15) is 0 Å². The molecule has 0 aliphatic heterocycles. The Balaban J connectivity index is 1.39. The highest BCUT2D eigenvalue weighted by atomic mass is 16.2. The van der Waals surface area contributed by atoms with Gasteiger partial charge in [0, 0.05) is 31.0 Å².